The van der Waals surface area contributed by atoms with E-state index in [1.54, 1.807) is 0 Å². The second kappa shape index (κ2) is 9.09. The first-order chi connectivity index (χ1) is 14.0. The van der Waals surface area contributed by atoms with Crippen LogP contribution in [0.2, 0.25) is 0 Å². The second-order valence-electron chi connectivity index (χ2n) is 6.19. The topological polar surface area (TPSA) is 70.2 Å². The highest BCUT2D eigenvalue weighted by Gasteiger charge is 2.14. The fourth-order valence-electron chi connectivity index (χ4n) is 2.79. The van der Waals surface area contributed by atoms with Crippen molar-refractivity contribution in [3.05, 3.63) is 72.1 Å². The highest BCUT2D eigenvalue weighted by Crippen LogP contribution is 2.21. The van der Waals surface area contributed by atoms with Gasteiger partial charge in [0.2, 0.25) is 5.95 Å². The van der Waals surface area contributed by atoms with Crippen molar-refractivity contribution < 1.29 is 13.6 Å². The zero-order chi connectivity index (χ0) is 20.8. The van der Waals surface area contributed by atoms with Crippen LogP contribution in [0.4, 0.5) is 31.8 Å². The van der Waals surface area contributed by atoms with E-state index in [4.69, 9.17) is 0 Å². The number of aromatic nitrogens is 2. The molecule has 0 saturated heterocycles. The zero-order valence-electron chi connectivity index (χ0n) is 16.1. The highest BCUT2D eigenvalue weighted by atomic mass is 19.1. The molecule has 0 aliphatic rings. The molecule has 0 fully saturated rings. The molecule has 3 aromatic rings. The van der Waals surface area contributed by atoms with Crippen molar-refractivity contribution in [3.63, 3.8) is 0 Å². The van der Waals surface area contributed by atoms with Crippen molar-refractivity contribution in [2.75, 3.05) is 28.6 Å². The van der Waals surface area contributed by atoms with Gasteiger partial charge in [-0.2, -0.15) is 0 Å². The van der Waals surface area contributed by atoms with Crippen molar-refractivity contribution in [1.82, 2.24) is 9.97 Å². The van der Waals surface area contributed by atoms with Gasteiger partial charge in [-0.05, 0) is 50.2 Å². The van der Waals surface area contributed by atoms with E-state index in [1.807, 2.05) is 24.3 Å². The van der Waals surface area contributed by atoms with Gasteiger partial charge < -0.3 is 15.5 Å². The molecule has 150 valence electrons. The summed E-state index contributed by atoms with van der Waals surface area (Å²) in [6.07, 6.45) is 2.57. The summed E-state index contributed by atoms with van der Waals surface area (Å²) in [6.45, 7) is 6.04. The number of benzene rings is 2. The van der Waals surface area contributed by atoms with E-state index >= 15 is 0 Å². The Kier molecular flexibility index (Phi) is 6.33. The number of carbonyl (C=O) groups is 1. The molecule has 0 aliphatic heterocycles. The van der Waals surface area contributed by atoms with Gasteiger partial charge in [0, 0.05) is 36.9 Å². The summed E-state index contributed by atoms with van der Waals surface area (Å²) in [6, 6.07) is 11.2. The second-order valence-corrected chi connectivity index (χ2v) is 6.19. The van der Waals surface area contributed by atoms with Crippen LogP contribution in [0.1, 0.15) is 24.2 Å². The maximum atomic E-state index is 13.7. The van der Waals surface area contributed by atoms with Gasteiger partial charge in [0.25, 0.3) is 5.91 Å². The molecule has 0 aliphatic carbocycles. The highest BCUT2D eigenvalue weighted by molar-refractivity contribution is 6.04. The summed E-state index contributed by atoms with van der Waals surface area (Å²) in [5.74, 6) is -2.12. The standard InChI is InChI=1S/C21H21F2N5O/c1-3-28(4-2)16-10-8-15(9-11-16)26-21-24-12-14(13-25-21)20(29)27-19-17(22)6-5-7-18(19)23/h5-13H,3-4H2,1-2H3,(H,27,29)(H,24,25,26). The van der Waals surface area contributed by atoms with E-state index in [-0.39, 0.29) is 5.56 Å². The summed E-state index contributed by atoms with van der Waals surface area (Å²) < 4.78 is 27.3. The first kappa shape index (κ1) is 20.2. The number of nitrogens with zero attached hydrogens (tertiary/aromatic N) is 3. The number of halogens is 2. The minimum atomic E-state index is -0.856. The lowest BCUT2D eigenvalue weighted by Gasteiger charge is -2.21. The number of hydrogen-bond donors (Lipinski definition) is 2. The largest absolute Gasteiger partial charge is 0.372 e. The molecule has 2 aromatic carbocycles. The van der Waals surface area contributed by atoms with Gasteiger partial charge in [-0.25, -0.2) is 18.7 Å². The lowest BCUT2D eigenvalue weighted by molar-refractivity contribution is 0.102. The number of rotatable bonds is 7. The molecule has 0 saturated carbocycles. The molecule has 1 aromatic heterocycles. The van der Waals surface area contributed by atoms with Crippen molar-refractivity contribution in [2.24, 2.45) is 0 Å². The quantitative estimate of drug-likeness (QED) is 0.610. The number of nitrogens with one attached hydrogen (secondary N) is 2. The Morgan fingerprint density at radius 3 is 2.10 bits per heavy atom. The Morgan fingerprint density at radius 2 is 1.55 bits per heavy atom. The van der Waals surface area contributed by atoms with Crippen molar-refractivity contribution >= 4 is 28.9 Å². The summed E-state index contributed by atoms with van der Waals surface area (Å²) in [5.41, 5.74) is 1.49. The minimum absolute atomic E-state index is 0.0788. The predicted molar refractivity (Wildman–Crippen MR) is 110 cm³/mol. The molecule has 29 heavy (non-hydrogen) atoms. The summed E-state index contributed by atoms with van der Waals surface area (Å²) in [7, 11) is 0. The average molecular weight is 397 g/mol. The van der Waals surface area contributed by atoms with Gasteiger partial charge in [-0.3, -0.25) is 4.79 Å². The molecule has 8 heteroatoms. The molecular formula is C21H21F2N5O. The molecule has 3 rings (SSSR count). The Morgan fingerprint density at radius 1 is 0.966 bits per heavy atom. The van der Waals surface area contributed by atoms with Crippen LogP contribution in [0.15, 0.2) is 54.9 Å². The lowest BCUT2D eigenvalue weighted by Crippen LogP contribution is -2.21. The SMILES string of the molecule is CCN(CC)c1ccc(Nc2ncc(C(=O)Nc3c(F)cccc3F)cn2)cc1. The Labute approximate surface area is 167 Å². The van der Waals surface area contributed by atoms with Gasteiger partial charge in [-0.15, -0.1) is 0 Å². The molecule has 0 bridgehead atoms. The van der Waals surface area contributed by atoms with Crippen LogP contribution in [0.3, 0.4) is 0 Å². The summed E-state index contributed by atoms with van der Waals surface area (Å²) >= 11 is 0. The number of para-hydroxylation sites is 1. The molecule has 6 nitrogen and oxygen atoms in total. The maximum Gasteiger partial charge on any atom is 0.258 e. The molecule has 2 N–H and O–H groups in total. The Balaban J connectivity index is 1.66. The van der Waals surface area contributed by atoms with Gasteiger partial charge >= 0.3 is 0 Å². The molecule has 0 atom stereocenters. The molecule has 0 unspecified atom stereocenters. The third-order valence-corrected chi connectivity index (χ3v) is 4.37. The number of anilines is 4. The molecule has 0 spiro atoms. The molecule has 0 radical (unpaired) electrons. The monoisotopic (exact) mass is 397 g/mol. The smallest absolute Gasteiger partial charge is 0.258 e. The lowest BCUT2D eigenvalue weighted by atomic mass is 10.2. The van der Waals surface area contributed by atoms with Gasteiger partial charge in [-0.1, -0.05) is 6.07 Å². The average Bonchev–Trinajstić information content (AvgIpc) is 2.73. The number of hydrogen-bond acceptors (Lipinski definition) is 5. The van der Waals surface area contributed by atoms with Crippen LogP contribution in [0.25, 0.3) is 0 Å². The van der Waals surface area contributed by atoms with Gasteiger partial charge in [0.15, 0.2) is 0 Å². The van der Waals surface area contributed by atoms with Crippen molar-refractivity contribution in [1.29, 1.82) is 0 Å². The van der Waals surface area contributed by atoms with E-state index in [1.165, 1.54) is 18.5 Å². The van der Waals surface area contributed by atoms with Crippen LogP contribution < -0.4 is 15.5 Å². The third-order valence-electron chi connectivity index (χ3n) is 4.37. The van der Waals surface area contributed by atoms with Crippen molar-refractivity contribution in [3.8, 4) is 0 Å². The van der Waals surface area contributed by atoms with Crippen LogP contribution in [-0.4, -0.2) is 29.0 Å². The van der Waals surface area contributed by atoms with Crippen LogP contribution >= 0.6 is 0 Å². The van der Waals surface area contributed by atoms with Crippen LogP contribution in [-0.2, 0) is 0 Å². The summed E-state index contributed by atoms with van der Waals surface area (Å²) in [5, 5.41) is 5.25. The van der Waals surface area contributed by atoms with E-state index in [2.05, 4.69) is 39.3 Å². The molecule has 1 heterocycles. The van der Waals surface area contributed by atoms with E-state index in [9.17, 15) is 13.6 Å². The Bertz CT molecular complexity index is 953. The van der Waals surface area contributed by atoms with Crippen molar-refractivity contribution in [2.45, 2.75) is 13.8 Å². The number of carbonyl (C=O) groups excluding carboxylic acids is 1. The zero-order valence-corrected chi connectivity index (χ0v) is 16.1. The first-order valence-electron chi connectivity index (χ1n) is 9.21. The van der Waals surface area contributed by atoms with Crippen LogP contribution in [0, 0.1) is 11.6 Å². The van der Waals surface area contributed by atoms with E-state index in [0.29, 0.717) is 5.95 Å². The van der Waals surface area contributed by atoms with Gasteiger partial charge in [0.1, 0.15) is 17.3 Å². The predicted octanol–water partition coefficient (Wildman–Crippen LogP) is 4.60. The van der Waals surface area contributed by atoms with E-state index in [0.717, 1.165) is 36.6 Å². The fraction of sp³-hybridized carbons (Fsp3) is 0.190. The minimum Gasteiger partial charge on any atom is -0.372 e. The van der Waals surface area contributed by atoms with E-state index < -0.39 is 23.2 Å². The molecular weight excluding hydrogens is 376 g/mol. The summed E-state index contributed by atoms with van der Waals surface area (Å²) in [4.78, 5) is 22.6. The Hall–Kier alpha value is -3.55. The first-order valence-corrected chi connectivity index (χ1v) is 9.21. The third kappa shape index (κ3) is 4.84. The number of amides is 1. The fourth-order valence-corrected chi connectivity index (χ4v) is 2.79. The van der Waals surface area contributed by atoms with Gasteiger partial charge in [0.05, 0.1) is 5.56 Å². The molecule has 1 amide bonds. The van der Waals surface area contributed by atoms with Crippen LogP contribution in [0.5, 0.6) is 0 Å². The maximum absolute atomic E-state index is 13.7. The normalized spacial score (nSPS) is 10.5.